The lowest BCUT2D eigenvalue weighted by molar-refractivity contribution is 0.257. The van der Waals surface area contributed by atoms with Crippen LogP contribution in [0.3, 0.4) is 0 Å². The maximum absolute atomic E-state index is 6.33. The Hall–Kier alpha value is -1.62. The minimum atomic E-state index is 0.621. The van der Waals surface area contributed by atoms with E-state index in [0.29, 0.717) is 10.0 Å². The predicted octanol–water partition coefficient (Wildman–Crippen LogP) is 4.20. The van der Waals surface area contributed by atoms with Gasteiger partial charge in [-0.1, -0.05) is 29.3 Å². The quantitative estimate of drug-likeness (QED) is 0.583. The fourth-order valence-corrected chi connectivity index (χ4v) is 3.50. The van der Waals surface area contributed by atoms with Crippen LogP contribution < -0.4 is 16.0 Å². The summed E-state index contributed by atoms with van der Waals surface area (Å²) in [7, 11) is 0. The number of nitrogens with zero attached hydrogens (tertiary/aromatic N) is 2. The Morgan fingerprint density at radius 1 is 0.960 bits per heavy atom. The topological polar surface area (TPSA) is 44.5 Å². The molecule has 0 spiro atoms. The Labute approximate surface area is 159 Å². The molecule has 0 aliphatic carbocycles. The number of anilines is 3. The van der Waals surface area contributed by atoms with E-state index in [4.69, 9.17) is 28.9 Å². The highest BCUT2D eigenvalue weighted by Gasteiger charge is 2.19. The van der Waals surface area contributed by atoms with Crippen LogP contribution in [0.2, 0.25) is 10.0 Å². The Morgan fingerprint density at radius 3 is 2.40 bits per heavy atom. The summed E-state index contributed by atoms with van der Waals surface area (Å²) in [4.78, 5) is 4.82. The summed E-state index contributed by atoms with van der Waals surface area (Å²) >= 11 is 12.5. The third-order valence-electron chi connectivity index (χ3n) is 4.54. The monoisotopic (exact) mass is 378 g/mol. The van der Waals surface area contributed by atoms with Gasteiger partial charge >= 0.3 is 0 Å². The first-order valence-electron chi connectivity index (χ1n) is 8.64. The van der Waals surface area contributed by atoms with Crippen LogP contribution in [0, 0.1) is 0 Å². The highest BCUT2D eigenvalue weighted by molar-refractivity contribution is 6.43. The Morgan fingerprint density at radius 2 is 1.68 bits per heavy atom. The molecule has 1 fully saturated rings. The van der Waals surface area contributed by atoms with Crippen LogP contribution in [0.25, 0.3) is 0 Å². The highest BCUT2D eigenvalue weighted by Crippen LogP contribution is 2.32. The van der Waals surface area contributed by atoms with Gasteiger partial charge in [-0.05, 0) is 49.4 Å². The molecule has 0 atom stereocenters. The lowest BCUT2D eigenvalue weighted by atomic mass is 10.2. The Kier molecular flexibility index (Phi) is 6.29. The van der Waals surface area contributed by atoms with Crippen LogP contribution in [0.1, 0.15) is 6.42 Å². The zero-order chi connectivity index (χ0) is 17.6. The van der Waals surface area contributed by atoms with Gasteiger partial charge in [-0.3, -0.25) is 4.90 Å². The summed E-state index contributed by atoms with van der Waals surface area (Å²) < 4.78 is 0. The fraction of sp³-hybridized carbons (Fsp3) is 0.368. The second-order valence-electron chi connectivity index (χ2n) is 6.30. The molecule has 0 saturated carbocycles. The van der Waals surface area contributed by atoms with E-state index >= 15 is 0 Å². The number of rotatable bonds is 6. The van der Waals surface area contributed by atoms with E-state index in [9.17, 15) is 0 Å². The van der Waals surface area contributed by atoms with Gasteiger partial charge in [-0.15, -0.1) is 0 Å². The number of halogens is 2. The molecule has 25 heavy (non-hydrogen) atoms. The van der Waals surface area contributed by atoms with Gasteiger partial charge in [0.25, 0.3) is 0 Å². The predicted molar refractivity (Wildman–Crippen MR) is 109 cm³/mol. The van der Waals surface area contributed by atoms with E-state index in [1.807, 2.05) is 42.5 Å². The molecule has 0 unspecified atom stereocenters. The summed E-state index contributed by atoms with van der Waals surface area (Å²) in [6.45, 7) is 6.11. The third-order valence-corrected chi connectivity index (χ3v) is 5.34. The van der Waals surface area contributed by atoms with Gasteiger partial charge in [0.15, 0.2) is 0 Å². The Bertz CT molecular complexity index is 682. The molecular formula is C19H24Cl2N4. The van der Waals surface area contributed by atoms with Crippen molar-refractivity contribution >= 4 is 40.3 Å². The zero-order valence-electron chi connectivity index (χ0n) is 14.2. The van der Waals surface area contributed by atoms with Crippen LogP contribution >= 0.6 is 23.2 Å². The van der Waals surface area contributed by atoms with Crippen molar-refractivity contribution in [3.63, 3.8) is 0 Å². The number of nitrogens with two attached hydrogens (primary N) is 1. The molecular weight excluding hydrogens is 355 g/mol. The maximum Gasteiger partial charge on any atom is 0.0825 e. The minimum absolute atomic E-state index is 0.621. The van der Waals surface area contributed by atoms with Gasteiger partial charge in [-0.2, -0.15) is 0 Å². The van der Waals surface area contributed by atoms with E-state index in [2.05, 4.69) is 15.1 Å². The smallest absolute Gasteiger partial charge is 0.0825 e. The summed E-state index contributed by atoms with van der Waals surface area (Å²) in [5, 5.41) is 4.71. The molecule has 1 aliphatic rings. The van der Waals surface area contributed by atoms with Crippen molar-refractivity contribution in [2.45, 2.75) is 6.42 Å². The largest absolute Gasteiger partial charge is 0.399 e. The summed E-state index contributed by atoms with van der Waals surface area (Å²) in [5.41, 5.74) is 8.65. The molecule has 2 aromatic rings. The average Bonchev–Trinajstić information content (AvgIpc) is 2.63. The second-order valence-corrected chi connectivity index (χ2v) is 7.09. The molecule has 0 amide bonds. The standard InChI is InChI=1S/C19H24Cl2N4/c20-17-3-1-4-18(19(17)21)25-13-11-24(12-14-25)10-2-9-23-16-7-5-15(22)6-8-16/h1,3-8,23H,2,9-14,22H2. The number of hydrogen-bond donors (Lipinski definition) is 2. The van der Waals surface area contributed by atoms with Crippen LogP contribution in [-0.4, -0.2) is 44.2 Å². The zero-order valence-corrected chi connectivity index (χ0v) is 15.7. The lowest BCUT2D eigenvalue weighted by Crippen LogP contribution is -2.47. The molecule has 1 saturated heterocycles. The van der Waals surface area contributed by atoms with Crippen molar-refractivity contribution in [2.24, 2.45) is 0 Å². The molecule has 1 heterocycles. The molecule has 4 nitrogen and oxygen atoms in total. The van der Waals surface area contributed by atoms with Crippen molar-refractivity contribution in [1.29, 1.82) is 0 Å². The normalized spacial score (nSPS) is 15.4. The maximum atomic E-state index is 6.33. The SMILES string of the molecule is Nc1ccc(NCCCN2CCN(c3cccc(Cl)c3Cl)CC2)cc1. The summed E-state index contributed by atoms with van der Waals surface area (Å²) in [6.07, 6.45) is 1.11. The van der Waals surface area contributed by atoms with Crippen LogP contribution in [0.5, 0.6) is 0 Å². The van der Waals surface area contributed by atoms with Crippen molar-refractivity contribution in [1.82, 2.24) is 4.90 Å². The van der Waals surface area contributed by atoms with Gasteiger partial charge < -0.3 is 16.0 Å². The molecule has 0 aromatic heterocycles. The lowest BCUT2D eigenvalue weighted by Gasteiger charge is -2.36. The Balaban J connectivity index is 1.39. The number of hydrogen-bond acceptors (Lipinski definition) is 4. The second kappa shape index (κ2) is 8.65. The number of piperazine rings is 1. The van der Waals surface area contributed by atoms with Gasteiger partial charge in [0, 0.05) is 44.1 Å². The van der Waals surface area contributed by atoms with Crippen LogP contribution in [0.4, 0.5) is 17.1 Å². The third kappa shape index (κ3) is 4.94. The highest BCUT2D eigenvalue weighted by atomic mass is 35.5. The molecule has 3 rings (SSSR count). The van der Waals surface area contributed by atoms with Crippen molar-refractivity contribution < 1.29 is 0 Å². The van der Waals surface area contributed by atoms with E-state index in [-0.39, 0.29) is 0 Å². The van der Waals surface area contributed by atoms with E-state index in [1.54, 1.807) is 0 Å². The van der Waals surface area contributed by atoms with Gasteiger partial charge in [-0.25, -0.2) is 0 Å². The molecule has 2 aromatic carbocycles. The molecule has 0 bridgehead atoms. The average molecular weight is 379 g/mol. The van der Waals surface area contributed by atoms with E-state index in [0.717, 1.165) is 62.8 Å². The molecule has 3 N–H and O–H groups in total. The minimum Gasteiger partial charge on any atom is -0.399 e. The van der Waals surface area contributed by atoms with Gasteiger partial charge in [0.05, 0.1) is 15.7 Å². The fourth-order valence-electron chi connectivity index (χ4n) is 3.09. The van der Waals surface area contributed by atoms with E-state index < -0.39 is 0 Å². The first-order chi connectivity index (χ1) is 12.1. The van der Waals surface area contributed by atoms with Crippen LogP contribution in [-0.2, 0) is 0 Å². The first kappa shape index (κ1) is 18.2. The summed E-state index contributed by atoms with van der Waals surface area (Å²) in [6, 6.07) is 13.7. The number of nitrogens with one attached hydrogen (secondary N) is 1. The van der Waals surface area contributed by atoms with Crippen LogP contribution in [0.15, 0.2) is 42.5 Å². The van der Waals surface area contributed by atoms with Gasteiger partial charge in [0.2, 0.25) is 0 Å². The summed E-state index contributed by atoms with van der Waals surface area (Å²) in [5.74, 6) is 0. The van der Waals surface area contributed by atoms with Crippen molar-refractivity contribution in [3.05, 3.63) is 52.5 Å². The first-order valence-corrected chi connectivity index (χ1v) is 9.40. The molecule has 1 aliphatic heterocycles. The number of benzene rings is 2. The molecule has 6 heteroatoms. The van der Waals surface area contributed by atoms with Gasteiger partial charge in [0.1, 0.15) is 0 Å². The molecule has 134 valence electrons. The molecule has 0 radical (unpaired) electrons. The number of nitrogen functional groups attached to an aromatic ring is 1. The van der Waals surface area contributed by atoms with Crippen molar-refractivity contribution in [3.8, 4) is 0 Å². The van der Waals surface area contributed by atoms with E-state index in [1.165, 1.54) is 0 Å². The van der Waals surface area contributed by atoms with Crippen molar-refractivity contribution in [2.75, 3.05) is 55.2 Å².